The second kappa shape index (κ2) is 7.89. The number of nitrogens with zero attached hydrogens (tertiary/aromatic N) is 5. The van der Waals surface area contributed by atoms with Crippen molar-refractivity contribution in [3.8, 4) is 5.75 Å². The predicted molar refractivity (Wildman–Crippen MR) is 115 cm³/mol. The van der Waals surface area contributed by atoms with Crippen LogP contribution >= 0.6 is 11.6 Å². The highest BCUT2D eigenvalue weighted by Crippen LogP contribution is 2.42. The number of nitrogens with two attached hydrogens (primary N) is 1. The van der Waals surface area contributed by atoms with Crippen molar-refractivity contribution in [1.29, 1.82) is 0 Å². The fraction of sp³-hybridized carbons (Fsp3) is 0.476. The molecule has 10 heteroatoms. The molecule has 0 saturated carbocycles. The number of likely N-dealkylation sites (tertiary alicyclic amines) is 1. The van der Waals surface area contributed by atoms with Gasteiger partial charge in [0.2, 0.25) is 0 Å². The largest absolute Gasteiger partial charge is 0.496 e. The molecule has 0 aliphatic carbocycles. The van der Waals surface area contributed by atoms with E-state index in [-0.39, 0.29) is 10.9 Å². The average Bonchev–Trinajstić information content (AvgIpc) is 3.00. The number of anilines is 1. The van der Waals surface area contributed by atoms with Crippen molar-refractivity contribution >= 4 is 28.5 Å². The molecular weight excluding hydrogens is 423 g/mol. The third kappa shape index (κ3) is 3.40. The molecule has 8 nitrogen and oxygen atoms in total. The number of methoxy groups -OCH3 is 1. The standard InChI is InChI=1S/C21H24ClFN6O2/c1-11-16-20(24)25-10-26-21(16)29(27-11)4-3-12-5-15(22)18(23)17(19(12)30-2)13-6-28(7-13)14-8-31-9-14/h5,10,13-14H,3-4,6-9H2,1-2H3,(H2,24,25,26). The molecule has 5 rings (SSSR count). The van der Waals surface area contributed by atoms with Gasteiger partial charge in [0.15, 0.2) is 5.65 Å². The Balaban J connectivity index is 1.42. The SMILES string of the molecule is COc1c(CCn2nc(C)c3c(N)ncnc32)cc(Cl)c(F)c1C1CN(C2COC2)C1. The lowest BCUT2D eigenvalue weighted by molar-refractivity contribution is -0.0910. The summed E-state index contributed by atoms with van der Waals surface area (Å²) in [6, 6.07) is 2.09. The first kappa shape index (κ1) is 20.4. The summed E-state index contributed by atoms with van der Waals surface area (Å²) >= 11 is 6.29. The van der Waals surface area contributed by atoms with Crippen LogP contribution in [0.1, 0.15) is 22.7 Å². The van der Waals surface area contributed by atoms with Crippen LogP contribution in [0.25, 0.3) is 11.0 Å². The van der Waals surface area contributed by atoms with Crippen molar-refractivity contribution in [3.05, 3.63) is 40.1 Å². The van der Waals surface area contributed by atoms with Gasteiger partial charge < -0.3 is 15.2 Å². The highest BCUT2D eigenvalue weighted by Gasteiger charge is 2.39. The highest BCUT2D eigenvalue weighted by atomic mass is 35.5. The van der Waals surface area contributed by atoms with E-state index in [2.05, 4.69) is 20.0 Å². The summed E-state index contributed by atoms with van der Waals surface area (Å²) in [5.74, 6) is 0.634. The molecule has 0 radical (unpaired) electrons. The summed E-state index contributed by atoms with van der Waals surface area (Å²) in [7, 11) is 1.58. The Hall–Kier alpha value is -2.49. The van der Waals surface area contributed by atoms with Crippen molar-refractivity contribution in [1.82, 2.24) is 24.6 Å². The number of hydrogen-bond acceptors (Lipinski definition) is 7. The number of ether oxygens (including phenoxy) is 2. The van der Waals surface area contributed by atoms with Crippen LogP contribution < -0.4 is 10.5 Å². The molecular formula is C21H24ClFN6O2. The molecule has 2 fully saturated rings. The van der Waals surface area contributed by atoms with Gasteiger partial charge in [-0.15, -0.1) is 0 Å². The molecule has 2 N–H and O–H groups in total. The molecule has 164 valence electrons. The molecule has 4 heterocycles. The summed E-state index contributed by atoms with van der Waals surface area (Å²) < 4.78 is 27.8. The number of hydrogen-bond donors (Lipinski definition) is 1. The zero-order chi connectivity index (χ0) is 21.7. The molecule has 2 aliphatic rings. The maximum atomic E-state index is 15.0. The smallest absolute Gasteiger partial charge is 0.163 e. The highest BCUT2D eigenvalue weighted by molar-refractivity contribution is 6.31. The van der Waals surface area contributed by atoms with Gasteiger partial charge in [-0.2, -0.15) is 5.10 Å². The molecule has 0 spiro atoms. The van der Waals surface area contributed by atoms with Gasteiger partial charge in [-0.3, -0.25) is 4.90 Å². The maximum absolute atomic E-state index is 15.0. The molecule has 2 saturated heterocycles. The average molecular weight is 447 g/mol. The molecule has 31 heavy (non-hydrogen) atoms. The number of benzene rings is 1. The summed E-state index contributed by atoms with van der Waals surface area (Å²) in [4.78, 5) is 10.7. The number of nitrogen functional groups attached to an aromatic ring is 1. The first-order valence-electron chi connectivity index (χ1n) is 10.3. The molecule has 0 atom stereocenters. The van der Waals surface area contributed by atoms with Gasteiger partial charge in [-0.25, -0.2) is 19.0 Å². The van der Waals surface area contributed by atoms with Crippen LogP contribution in [0.5, 0.6) is 5.75 Å². The number of rotatable bonds is 6. The van der Waals surface area contributed by atoms with Crippen LogP contribution in [-0.4, -0.2) is 64.1 Å². The molecule has 2 aromatic heterocycles. The fourth-order valence-electron chi connectivity index (χ4n) is 4.49. The lowest BCUT2D eigenvalue weighted by Gasteiger charge is -2.48. The van der Waals surface area contributed by atoms with E-state index in [0.717, 1.165) is 42.9 Å². The van der Waals surface area contributed by atoms with Crippen molar-refractivity contribution in [3.63, 3.8) is 0 Å². The van der Waals surface area contributed by atoms with Gasteiger partial charge in [0.25, 0.3) is 0 Å². The Kier molecular flexibility index (Phi) is 5.19. The van der Waals surface area contributed by atoms with E-state index >= 15 is 4.39 Å². The minimum Gasteiger partial charge on any atom is -0.496 e. The Morgan fingerprint density at radius 3 is 2.77 bits per heavy atom. The zero-order valence-corrected chi connectivity index (χ0v) is 18.2. The Morgan fingerprint density at radius 2 is 2.10 bits per heavy atom. The van der Waals surface area contributed by atoms with E-state index < -0.39 is 5.82 Å². The van der Waals surface area contributed by atoms with Crippen LogP contribution in [0.15, 0.2) is 12.4 Å². The van der Waals surface area contributed by atoms with Crippen LogP contribution in [-0.2, 0) is 17.7 Å². The summed E-state index contributed by atoms with van der Waals surface area (Å²) in [6.45, 7) is 5.45. The molecule has 1 aromatic carbocycles. The van der Waals surface area contributed by atoms with Gasteiger partial charge in [-0.05, 0) is 25.0 Å². The number of aromatic nitrogens is 4. The van der Waals surface area contributed by atoms with Crippen molar-refractivity contribution in [2.24, 2.45) is 0 Å². The Bertz CT molecular complexity index is 1140. The molecule has 0 unspecified atom stereocenters. The minimum atomic E-state index is -0.391. The van der Waals surface area contributed by atoms with Gasteiger partial charge in [-0.1, -0.05) is 11.6 Å². The zero-order valence-electron chi connectivity index (χ0n) is 17.4. The number of aryl methyl sites for hydroxylation is 3. The number of halogens is 2. The van der Waals surface area contributed by atoms with Crippen LogP contribution in [0.3, 0.4) is 0 Å². The predicted octanol–water partition coefficient (Wildman–Crippen LogP) is 2.56. The quantitative estimate of drug-likeness (QED) is 0.622. The molecule has 0 bridgehead atoms. The van der Waals surface area contributed by atoms with Crippen molar-refractivity contribution in [2.45, 2.75) is 31.8 Å². The third-order valence-corrected chi connectivity index (χ3v) is 6.54. The third-order valence-electron chi connectivity index (χ3n) is 6.27. The second-order valence-corrected chi connectivity index (χ2v) is 8.54. The van der Waals surface area contributed by atoms with E-state index in [1.54, 1.807) is 17.9 Å². The molecule has 0 amide bonds. The molecule has 3 aromatic rings. The Labute approximate surface area is 184 Å². The van der Waals surface area contributed by atoms with Gasteiger partial charge >= 0.3 is 0 Å². The lowest BCUT2D eigenvalue weighted by Crippen LogP contribution is -2.58. The monoisotopic (exact) mass is 446 g/mol. The van der Waals surface area contributed by atoms with Gasteiger partial charge in [0, 0.05) is 31.1 Å². The van der Waals surface area contributed by atoms with E-state index in [4.69, 9.17) is 26.8 Å². The number of fused-ring (bicyclic) bond motifs is 1. The summed E-state index contributed by atoms with van der Waals surface area (Å²) in [6.07, 6.45) is 1.99. The molecule has 2 aliphatic heterocycles. The van der Waals surface area contributed by atoms with E-state index in [0.29, 0.717) is 41.8 Å². The van der Waals surface area contributed by atoms with Crippen molar-refractivity contribution < 1.29 is 13.9 Å². The van der Waals surface area contributed by atoms with Crippen molar-refractivity contribution in [2.75, 3.05) is 39.1 Å². The fourth-order valence-corrected chi connectivity index (χ4v) is 4.73. The minimum absolute atomic E-state index is 0.0494. The van der Waals surface area contributed by atoms with E-state index in [1.165, 1.54) is 6.33 Å². The summed E-state index contributed by atoms with van der Waals surface area (Å²) in [5.41, 5.74) is 8.84. The van der Waals surface area contributed by atoms with Crippen LogP contribution in [0.4, 0.5) is 10.2 Å². The van der Waals surface area contributed by atoms with E-state index in [1.807, 2.05) is 6.92 Å². The maximum Gasteiger partial charge on any atom is 0.163 e. The normalized spacial score (nSPS) is 17.7. The topological polar surface area (TPSA) is 91.3 Å². The first-order chi connectivity index (χ1) is 15.0. The Morgan fingerprint density at radius 1 is 1.32 bits per heavy atom. The van der Waals surface area contributed by atoms with Crippen LogP contribution in [0.2, 0.25) is 5.02 Å². The van der Waals surface area contributed by atoms with Gasteiger partial charge in [0.1, 0.15) is 23.7 Å². The first-order valence-corrected chi connectivity index (χ1v) is 10.7. The second-order valence-electron chi connectivity index (χ2n) is 8.14. The van der Waals surface area contributed by atoms with Gasteiger partial charge in [0.05, 0.1) is 42.5 Å². The van der Waals surface area contributed by atoms with E-state index in [9.17, 15) is 0 Å². The summed E-state index contributed by atoms with van der Waals surface area (Å²) in [5, 5.41) is 5.43. The van der Waals surface area contributed by atoms with Crippen LogP contribution in [0, 0.1) is 12.7 Å². The lowest BCUT2D eigenvalue weighted by atomic mass is 9.87.